The maximum atomic E-state index is 5.90. The molecule has 0 N–H and O–H groups in total. The molecule has 0 aliphatic carbocycles. The normalized spacial score (nSPS) is 22.4. The topological polar surface area (TPSA) is 31.4 Å². The number of hydrogen-bond donors (Lipinski definition) is 0. The Morgan fingerprint density at radius 2 is 1.75 bits per heavy atom. The van der Waals surface area contributed by atoms with Crippen molar-refractivity contribution in [3.63, 3.8) is 0 Å². The van der Waals surface area contributed by atoms with Gasteiger partial charge in [0.1, 0.15) is 0 Å². The van der Waals surface area contributed by atoms with E-state index in [4.69, 9.17) is 9.31 Å². The summed E-state index contributed by atoms with van der Waals surface area (Å²) >= 11 is 3.42. The number of hydrogen-bond acceptors (Lipinski definition) is 3. The largest absolute Gasteiger partial charge is 0.514 e. The van der Waals surface area contributed by atoms with Crippen LogP contribution in [0.2, 0.25) is 0 Å². The first-order valence-electron chi connectivity index (χ1n) is 5.29. The Bertz CT molecular complexity index is 393. The highest BCUT2D eigenvalue weighted by atomic mass is 79.9. The highest BCUT2D eigenvalue weighted by Gasteiger charge is 2.52. The molecule has 1 aliphatic heterocycles. The zero-order chi connectivity index (χ0) is 12.0. The summed E-state index contributed by atoms with van der Waals surface area (Å²) in [5.74, 6) is 0. The standard InChI is InChI=1S/C11H15BBrNO2/c1-10(2)11(3,4)16-12(15-10)9-7-8(13)5-6-14-9/h5-7H,1-4H3. The Hall–Kier alpha value is -0.385. The molecule has 1 aromatic heterocycles. The molecule has 2 heterocycles. The average molecular weight is 284 g/mol. The first kappa shape index (κ1) is 12.1. The van der Waals surface area contributed by atoms with Crippen molar-refractivity contribution in [3.05, 3.63) is 22.8 Å². The van der Waals surface area contributed by atoms with E-state index in [-0.39, 0.29) is 18.3 Å². The molecule has 1 fully saturated rings. The molecule has 0 atom stereocenters. The number of halogens is 1. The van der Waals surface area contributed by atoms with Crippen molar-refractivity contribution in [2.45, 2.75) is 38.9 Å². The van der Waals surface area contributed by atoms with Gasteiger partial charge in [0.2, 0.25) is 0 Å². The van der Waals surface area contributed by atoms with E-state index in [0.717, 1.165) is 10.1 Å². The zero-order valence-electron chi connectivity index (χ0n) is 9.95. The van der Waals surface area contributed by atoms with Crippen LogP contribution in [0.15, 0.2) is 22.8 Å². The third kappa shape index (κ3) is 2.04. The minimum atomic E-state index is -0.387. The Morgan fingerprint density at radius 3 is 2.25 bits per heavy atom. The van der Waals surface area contributed by atoms with Gasteiger partial charge in [-0.3, -0.25) is 4.98 Å². The van der Waals surface area contributed by atoms with Crippen LogP contribution in [-0.4, -0.2) is 23.3 Å². The van der Waals surface area contributed by atoms with Crippen LogP contribution in [0.25, 0.3) is 0 Å². The minimum Gasteiger partial charge on any atom is -0.398 e. The molecular formula is C11H15BBrNO2. The van der Waals surface area contributed by atoms with Gasteiger partial charge in [-0.2, -0.15) is 0 Å². The fourth-order valence-electron chi connectivity index (χ4n) is 1.51. The molecule has 3 nitrogen and oxygen atoms in total. The van der Waals surface area contributed by atoms with Crippen LogP contribution in [0, 0.1) is 0 Å². The third-order valence-electron chi connectivity index (χ3n) is 3.24. The first-order chi connectivity index (χ1) is 7.32. The lowest BCUT2D eigenvalue weighted by Gasteiger charge is -2.32. The van der Waals surface area contributed by atoms with Crippen LogP contribution >= 0.6 is 15.9 Å². The summed E-state index contributed by atoms with van der Waals surface area (Å²) in [5, 5.41) is 0. The van der Waals surface area contributed by atoms with Gasteiger partial charge in [0, 0.05) is 10.7 Å². The minimum absolute atomic E-state index is 0.318. The van der Waals surface area contributed by atoms with Crippen molar-refractivity contribution >= 4 is 28.6 Å². The van der Waals surface area contributed by atoms with Gasteiger partial charge in [-0.15, -0.1) is 0 Å². The van der Waals surface area contributed by atoms with E-state index >= 15 is 0 Å². The second-order valence-electron chi connectivity index (χ2n) is 4.99. The van der Waals surface area contributed by atoms with E-state index in [1.807, 2.05) is 39.8 Å². The molecule has 5 heteroatoms. The summed E-state index contributed by atoms with van der Waals surface area (Å²) in [4.78, 5) is 4.27. The van der Waals surface area contributed by atoms with Gasteiger partial charge < -0.3 is 9.31 Å². The maximum Gasteiger partial charge on any atom is 0.514 e. The van der Waals surface area contributed by atoms with Crippen LogP contribution in [0.5, 0.6) is 0 Å². The van der Waals surface area contributed by atoms with Gasteiger partial charge in [-0.05, 0) is 39.8 Å². The molecule has 1 aliphatic rings. The maximum absolute atomic E-state index is 5.90. The molecule has 0 saturated carbocycles. The quantitative estimate of drug-likeness (QED) is 0.740. The molecule has 16 heavy (non-hydrogen) atoms. The second-order valence-corrected chi connectivity index (χ2v) is 5.90. The van der Waals surface area contributed by atoms with Crippen LogP contribution < -0.4 is 5.59 Å². The van der Waals surface area contributed by atoms with Crippen molar-refractivity contribution in [3.8, 4) is 0 Å². The molecule has 2 rings (SSSR count). The Labute approximate surface area is 105 Å². The monoisotopic (exact) mass is 283 g/mol. The summed E-state index contributed by atoms with van der Waals surface area (Å²) in [5.41, 5.74) is 0.164. The molecule has 0 radical (unpaired) electrons. The highest BCUT2D eigenvalue weighted by Crippen LogP contribution is 2.36. The number of aromatic nitrogens is 1. The molecular weight excluding hydrogens is 269 g/mol. The molecule has 86 valence electrons. The molecule has 0 spiro atoms. The third-order valence-corrected chi connectivity index (χ3v) is 3.73. The van der Waals surface area contributed by atoms with Crippen molar-refractivity contribution in [1.82, 2.24) is 4.98 Å². The Kier molecular flexibility index (Phi) is 2.89. The van der Waals surface area contributed by atoms with Gasteiger partial charge in [-0.25, -0.2) is 0 Å². The van der Waals surface area contributed by atoms with Crippen LogP contribution in [-0.2, 0) is 9.31 Å². The summed E-state index contributed by atoms with van der Waals surface area (Å²) in [6.45, 7) is 8.13. The van der Waals surface area contributed by atoms with E-state index < -0.39 is 0 Å². The van der Waals surface area contributed by atoms with Gasteiger partial charge in [0.25, 0.3) is 0 Å². The lowest BCUT2D eigenvalue weighted by atomic mass is 9.84. The fourth-order valence-corrected chi connectivity index (χ4v) is 1.87. The van der Waals surface area contributed by atoms with E-state index in [1.54, 1.807) is 6.20 Å². The predicted octanol–water partition coefficient (Wildman–Crippen LogP) is 2.14. The zero-order valence-corrected chi connectivity index (χ0v) is 11.5. The van der Waals surface area contributed by atoms with Gasteiger partial charge >= 0.3 is 7.12 Å². The smallest absolute Gasteiger partial charge is 0.398 e. The SMILES string of the molecule is CC1(C)OB(c2cc(Br)ccn2)OC1(C)C. The molecule has 0 aromatic carbocycles. The number of pyridine rings is 1. The van der Waals surface area contributed by atoms with Crippen molar-refractivity contribution in [2.75, 3.05) is 0 Å². The highest BCUT2D eigenvalue weighted by molar-refractivity contribution is 9.10. The number of rotatable bonds is 1. The predicted molar refractivity (Wildman–Crippen MR) is 67.7 cm³/mol. The van der Waals surface area contributed by atoms with Gasteiger partial charge in [-0.1, -0.05) is 15.9 Å². The molecule has 0 amide bonds. The molecule has 1 saturated heterocycles. The van der Waals surface area contributed by atoms with E-state index in [1.165, 1.54) is 0 Å². The van der Waals surface area contributed by atoms with E-state index in [0.29, 0.717) is 0 Å². The summed E-state index contributed by atoms with van der Waals surface area (Å²) in [6.07, 6.45) is 1.74. The second kappa shape index (κ2) is 3.82. The Balaban J connectivity index is 2.27. The molecule has 0 unspecified atom stereocenters. The molecule has 1 aromatic rings. The molecule has 0 bridgehead atoms. The summed E-state index contributed by atoms with van der Waals surface area (Å²) < 4.78 is 12.8. The first-order valence-corrected chi connectivity index (χ1v) is 6.08. The van der Waals surface area contributed by atoms with Crippen LogP contribution in [0.3, 0.4) is 0 Å². The van der Waals surface area contributed by atoms with Gasteiger partial charge in [0.15, 0.2) is 0 Å². The average Bonchev–Trinajstić information content (AvgIpc) is 2.36. The van der Waals surface area contributed by atoms with Crippen molar-refractivity contribution in [1.29, 1.82) is 0 Å². The summed E-state index contributed by atoms with van der Waals surface area (Å²) in [7, 11) is -0.387. The lowest BCUT2D eigenvalue weighted by molar-refractivity contribution is 0.00578. The van der Waals surface area contributed by atoms with E-state index in [2.05, 4.69) is 20.9 Å². The van der Waals surface area contributed by atoms with Crippen molar-refractivity contribution < 1.29 is 9.31 Å². The lowest BCUT2D eigenvalue weighted by Crippen LogP contribution is -2.41. The summed E-state index contributed by atoms with van der Waals surface area (Å²) in [6, 6.07) is 3.80. The van der Waals surface area contributed by atoms with Crippen molar-refractivity contribution in [2.24, 2.45) is 0 Å². The van der Waals surface area contributed by atoms with Crippen LogP contribution in [0.4, 0.5) is 0 Å². The van der Waals surface area contributed by atoms with Gasteiger partial charge in [0.05, 0.1) is 16.8 Å². The number of nitrogens with zero attached hydrogens (tertiary/aromatic N) is 1. The van der Waals surface area contributed by atoms with E-state index in [9.17, 15) is 0 Å². The van der Waals surface area contributed by atoms with Crippen LogP contribution in [0.1, 0.15) is 27.7 Å². The Morgan fingerprint density at radius 1 is 1.19 bits per heavy atom. The fraction of sp³-hybridized carbons (Fsp3) is 0.545.